The van der Waals surface area contributed by atoms with E-state index in [0.717, 1.165) is 25.0 Å². The minimum Gasteiger partial charge on any atom is -0.469 e. The number of hydrogen-bond acceptors (Lipinski definition) is 5. The highest BCUT2D eigenvalue weighted by Crippen LogP contribution is 2.43. The number of aromatic nitrogens is 1. The summed E-state index contributed by atoms with van der Waals surface area (Å²) >= 11 is 1.65. The molecule has 0 bridgehead atoms. The Balaban J connectivity index is 2.07. The van der Waals surface area contributed by atoms with E-state index in [1.54, 1.807) is 11.3 Å². The van der Waals surface area contributed by atoms with Crippen molar-refractivity contribution in [2.24, 2.45) is 17.1 Å². The standard InChI is InChI=1S/C14H22N2O2S/c1-10-12(19-9-16-10)5-6-14(8-15,13(17)18-2)7-11-3-4-11/h9,11H,3-8,15H2,1-2H3. The van der Waals surface area contributed by atoms with E-state index in [4.69, 9.17) is 10.5 Å². The molecule has 1 aliphatic carbocycles. The molecule has 1 heterocycles. The first-order valence-corrected chi connectivity index (χ1v) is 7.66. The Morgan fingerprint density at radius 2 is 2.37 bits per heavy atom. The van der Waals surface area contributed by atoms with Crippen LogP contribution < -0.4 is 5.73 Å². The highest BCUT2D eigenvalue weighted by Gasteiger charge is 2.42. The van der Waals surface area contributed by atoms with Gasteiger partial charge in [-0.05, 0) is 32.1 Å². The lowest BCUT2D eigenvalue weighted by molar-refractivity contribution is -0.153. The number of ether oxygens (including phenoxy) is 1. The van der Waals surface area contributed by atoms with Crippen LogP contribution in [0.1, 0.15) is 36.3 Å². The summed E-state index contributed by atoms with van der Waals surface area (Å²) in [5, 5.41) is 0. The SMILES string of the molecule is COC(=O)C(CN)(CCc1scnc1C)CC1CC1. The van der Waals surface area contributed by atoms with E-state index >= 15 is 0 Å². The van der Waals surface area contributed by atoms with Crippen LogP contribution in [0.2, 0.25) is 0 Å². The largest absolute Gasteiger partial charge is 0.469 e. The summed E-state index contributed by atoms with van der Waals surface area (Å²) in [4.78, 5) is 17.7. The number of nitrogens with zero attached hydrogens (tertiary/aromatic N) is 1. The molecule has 1 atom stereocenters. The van der Waals surface area contributed by atoms with Gasteiger partial charge in [0.1, 0.15) is 0 Å². The fraction of sp³-hybridized carbons (Fsp3) is 0.714. The van der Waals surface area contributed by atoms with Gasteiger partial charge in [-0.2, -0.15) is 0 Å². The summed E-state index contributed by atoms with van der Waals surface area (Å²) in [6.07, 6.45) is 4.93. The third kappa shape index (κ3) is 3.34. The van der Waals surface area contributed by atoms with Gasteiger partial charge in [-0.1, -0.05) is 12.8 Å². The summed E-state index contributed by atoms with van der Waals surface area (Å²) in [7, 11) is 1.46. The molecule has 0 amide bonds. The number of hydrogen-bond donors (Lipinski definition) is 1. The number of methoxy groups -OCH3 is 1. The molecule has 0 aromatic carbocycles. The monoisotopic (exact) mass is 282 g/mol. The Bertz CT molecular complexity index is 442. The highest BCUT2D eigenvalue weighted by molar-refractivity contribution is 7.09. The average molecular weight is 282 g/mol. The minimum absolute atomic E-state index is 0.149. The van der Waals surface area contributed by atoms with Crippen molar-refractivity contribution in [3.05, 3.63) is 16.1 Å². The van der Waals surface area contributed by atoms with Gasteiger partial charge in [-0.25, -0.2) is 4.98 Å². The molecule has 2 rings (SSSR count). The highest BCUT2D eigenvalue weighted by atomic mass is 32.1. The first kappa shape index (κ1) is 14.5. The number of nitrogens with two attached hydrogens (primary N) is 1. The molecule has 4 nitrogen and oxygen atoms in total. The molecule has 5 heteroatoms. The molecule has 19 heavy (non-hydrogen) atoms. The zero-order chi connectivity index (χ0) is 13.9. The van der Waals surface area contributed by atoms with Crippen molar-refractivity contribution in [2.75, 3.05) is 13.7 Å². The molecule has 1 aromatic rings. The van der Waals surface area contributed by atoms with Gasteiger partial charge >= 0.3 is 5.97 Å². The second kappa shape index (κ2) is 6.01. The summed E-state index contributed by atoms with van der Waals surface area (Å²) < 4.78 is 5.00. The van der Waals surface area contributed by atoms with Crippen LogP contribution in [-0.4, -0.2) is 24.6 Å². The molecule has 106 valence electrons. The average Bonchev–Trinajstić information content (AvgIpc) is 3.15. The topological polar surface area (TPSA) is 65.2 Å². The van der Waals surface area contributed by atoms with Crippen LogP contribution >= 0.6 is 11.3 Å². The van der Waals surface area contributed by atoms with Crippen molar-refractivity contribution >= 4 is 17.3 Å². The summed E-state index contributed by atoms with van der Waals surface area (Å²) in [5.41, 5.74) is 8.33. The molecule has 0 aliphatic heterocycles. The van der Waals surface area contributed by atoms with Crippen LogP contribution in [0.4, 0.5) is 0 Å². The number of aryl methyl sites for hydroxylation is 2. The number of esters is 1. The molecule has 1 aliphatic rings. The molecule has 1 aromatic heterocycles. The maximum absolute atomic E-state index is 12.2. The van der Waals surface area contributed by atoms with Crippen molar-refractivity contribution in [1.29, 1.82) is 0 Å². The Morgan fingerprint density at radius 1 is 1.63 bits per heavy atom. The Labute approximate surface area is 118 Å². The molecule has 1 fully saturated rings. The molecule has 0 spiro atoms. The predicted molar refractivity (Wildman–Crippen MR) is 76.0 cm³/mol. The molecule has 0 radical (unpaired) electrons. The lowest BCUT2D eigenvalue weighted by atomic mass is 9.78. The van der Waals surface area contributed by atoms with Gasteiger partial charge in [0.25, 0.3) is 0 Å². The normalized spacial score (nSPS) is 18.1. The zero-order valence-corrected chi connectivity index (χ0v) is 12.5. The van der Waals surface area contributed by atoms with Gasteiger partial charge in [0.2, 0.25) is 0 Å². The van der Waals surface area contributed by atoms with E-state index in [0.29, 0.717) is 12.5 Å². The van der Waals surface area contributed by atoms with E-state index < -0.39 is 5.41 Å². The second-order valence-electron chi connectivity index (χ2n) is 5.48. The van der Waals surface area contributed by atoms with Crippen molar-refractivity contribution < 1.29 is 9.53 Å². The van der Waals surface area contributed by atoms with Gasteiger partial charge in [-0.3, -0.25) is 4.79 Å². The van der Waals surface area contributed by atoms with Crippen LogP contribution in [0.15, 0.2) is 5.51 Å². The predicted octanol–water partition coefficient (Wildman–Crippen LogP) is 2.30. The van der Waals surface area contributed by atoms with Gasteiger partial charge in [0.15, 0.2) is 0 Å². The smallest absolute Gasteiger partial charge is 0.313 e. The van der Waals surface area contributed by atoms with E-state index in [-0.39, 0.29) is 5.97 Å². The summed E-state index contributed by atoms with van der Waals surface area (Å²) in [6.45, 7) is 2.38. The van der Waals surface area contributed by atoms with Crippen molar-refractivity contribution in [3.8, 4) is 0 Å². The van der Waals surface area contributed by atoms with Crippen molar-refractivity contribution in [1.82, 2.24) is 4.98 Å². The van der Waals surface area contributed by atoms with Crippen molar-refractivity contribution in [3.63, 3.8) is 0 Å². The van der Waals surface area contributed by atoms with Crippen LogP contribution in [0.25, 0.3) is 0 Å². The fourth-order valence-electron chi connectivity index (χ4n) is 2.57. The van der Waals surface area contributed by atoms with E-state index in [1.165, 1.54) is 24.8 Å². The van der Waals surface area contributed by atoms with Gasteiger partial charge < -0.3 is 10.5 Å². The molecular weight excluding hydrogens is 260 g/mol. The van der Waals surface area contributed by atoms with Gasteiger partial charge in [-0.15, -0.1) is 11.3 Å². The van der Waals surface area contributed by atoms with Crippen LogP contribution in [0.3, 0.4) is 0 Å². The molecule has 0 saturated heterocycles. The first-order chi connectivity index (χ1) is 9.11. The first-order valence-electron chi connectivity index (χ1n) is 6.79. The van der Waals surface area contributed by atoms with Crippen LogP contribution in [0, 0.1) is 18.3 Å². The number of carbonyl (C=O) groups excluding carboxylic acids is 1. The molecule has 1 saturated carbocycles. The molecule has 2 N–H and O–H groups in total. The van der Waals surface area contributed by atoms with Gasteiger partial charge in [0, 0.05) is 11.4 Å². The van der Waals surface area contributed by atoms with Crippen LogP contribution in [-0.2, 0) is 16.0 Å². The summed E-state index contributed by atoms with van der Waals surface area (Å²) in [5.74, 6) is 0.509. The Morgan fingerprint density at radius 3 is 2.84 bits per heavy atom. The quantitative estimate of drug-likeness (QED) is 0.779. The third-order valence-corrected chi connectivity index (χ3v) is 5.06. The van der Waals surface area contributed by atoms with Crippen molar-refractivity contribution in [2.45, 2.75) is 39.0 Å². The minimum atomic E-state index is -0.508. The zero-order valence-electron chi connectivity index (χ0n) is 11.6. The van der Waals surface area contributed by atoms with E-state index in [2.05, 4.69) is 4.98 Å². The Kier molecular flexibility index (Phi) is 4.58. The maximum atomic E-state index is 12.2. The van der Waals surface area contributed by atoms with Gasteiger partial charge in [0.05, 0.1) is 23.7 Å². The third-order valence-electron chi connectivity index (χ3n) is 4.06. The van der Waals surface area contributed by atoms with E-state index in [9.17, 15) is 4.79 Å². The number of thiazole rings is 1. The summed E-state index contributed by atoms with van der Waals surface area (Å²) in [6, 6.07) is 0. The van der Waals surface area contributed by atoms with Crippen LogP contribution in [0.5, 0.6) is 0 Å². The lowest BCUT2D eigenvalue weighted by Crippen LogP contribution is -2.40. The number of rotatable bonds is 7. The fourth-order valence-corrected chi connectivity index (χ4v) is 3.35. The molecule has 1 unspecified atom stereocenters. The Hall–Kier alpha value is -0.940. The lowest BCUT2D eigenvalue weighted by Gasteiger charge is -2.29. The maximum Gasteiger partial charge on any atom is 0.313 e. The molecular formula is C14H22N2O2S. The number of carbonyl (C=O) groups is 1. The second-order valence-corrected chi connectivity index (χ2v) is 6.42. The van der Waals surface area contributed by atoms with E-state index in [1.807, 2.05) is 12.4 Å².